The molecule has 0 aliphatic heterocycles. The summed E-state index contributed by atoms with van der Waals surface area (Å²) in [6.07, 6.45) is 0. The molecule has 0 aliphatic rings. The highest BCUT2D eigenvalue weighted by atomic mass is 127. The third-order valence-corrected chi connectivity index (χ3v) is 5.24. The Hall–Kier alpha value is -1.67. The van der Waals surface area contributed by atoms with Gasteiger partial charge in [-0.05, 0) is 100 Å². The van der Waals surface area contributed by atoms with Gasteiger partial charge in [0, 0.05) is 10.6 Å². The van der Waals surface area contributed by atoms with Gasteiger partial charge < -0.3 is 15.3 Å². The molecular formula is C21H18IO4PS2. The summed E-state index contributed by atoms with van der Waals surface area (Å²) in [4.78, 5) is 14.7. The topological polar surface area (TPSA) is 77.8 Å². The van der Waals surface area contributed by atoms with Crippen molar-refractivity contribution in [2.24, 2.45) is 0 Å². The second kappa shape index (κ2) is 11.5. The number of benzene rings is 3. The molecule has 0 aliphatic carbocycles. The molecule has 3 aromatic rings. The number of phenols is 3. The predicted molar refractivity (Wildman–Crippen MR) is 130 cm³/mol. The van der Waals surface area contributed by atoms with Gasteiger partial charge in [-0.2, -0.15) is 0 Å². The van der Waals surface area contributed by atoms with E-state index in [9.17, 15) is 15.0 Å². The van der Waals surface area contributed by atoms with Crippen molar-refractivity contribution >= 4 is 56.4 Å². The number of hydrogen-bond donors (Lipinski definition) is 3. The van der Waals surface area contributed by atoms with E-state index in [1.54, 1.807) is 48.5 Å². The Balaban J connectivity index is 0.00000101. The van der Waals surface area contributed by atoms with Gasteiger partial charge in [0.1, 0.15) is 17.2 Å². The lowest BCUT2D eigenvalue weighted by Gasteiger charge is -2.17. The molecule has 0 amide bonds. The Kier molecular flexibility index (Phi) is 8.73. The summed E-state index contributed by atoms with van der Waals surface area (Å²) in [5, 5.41) is 23.5. The van der Waals surface area contributed by atoms with E-state index in [0.29, 0.717) is 16.2 Å². The number of rotatable bonds is 6. The Bertz CT molecular complexity index is 1000. The second-order valence-corrected chi connectivity index (χ2v) is 11.3. The van der Waals surface area contributed by atoms with Crippen LogP contribution in [0.25, 0.3) is 0 Å². The molecule has 0 aromatic heterocycles. The zero-order valence-electron chi connectivity index (χ0n) is 16.3. The minimum atomic E-state index is -0.609. The zero-order chi connectivity index (χ0) is 22.1. The number of halogens is 1. The van der Waals surface area contributed by atoms with Crippen LogP contribution in [0.2, 0.25) is 0 Å². The normalized spacial score (nSPS) is 11.7. The Labute approximate surface area is 194 Å². The van der Waals surface area contributed by atoms with E-state index in [-0.39, 0.29) is 17.3 Å². The molecule has 0 heterocycles. The molecule has 3 N–H and O–H groups in total. The average Bonchev–Trinajstić information content (AvgIpc) is 2.75. The minimum absolute atomic E-state index is 0.0871. The first kappa shape index (κ1) is 22.0. The van der Waals surface area contributed by atoms with Crippen molar-refractivity contribution in [3.05, 3.63) is 83.4 Å². The van der Waals surface area contributed by atoms with Crippen LogP contribution in [0.5, 0.6) is 17.2 Å². The van der Waals surface area contributed by atoms with Crippen LogP contribution in [0, 0.1) is 6.92 Å². The summed E-state index contributed by atoms with van der Waals surface area (Å²) < 4.78 is 6.96. The van der Waals surface area contributed by atoms with E-state index in [4.69, 9.17) is 1.43 Å². The first-order valence-electron chi connectivity index (χ1n) is 8.76. The number of carbonyl (C=O) groups is 1. The van der Waals surface area contributed by atoms with Crippen molar-refractivity contribution in [1.29, 1.82) is 1.43 Å². The van der Waals surface area contributed by atoms with Crippen molar-refractivity contribution in [1.82, 2.24) is 0 Å². The van der Waals surface area contributed by atoms with Crippen molar-refractivity contribution in [3.63, 3.8) is 0 Å². The monoisotopic (exact) mass is 558 g/mol. The summed E-state index contributed by atoms with van der Waals surface area (Å²) in [5.74, 6) is 0.419. The third kappa shape index (κ3) is 6.96. The molecule has 4 nitrogen and oxygen atoms in total. The van der Waals surface area contributed by atoms with Crippen LogP contribution < -0.4 is 0 Å². The van der Waals surface area contributed by atoms with Gasteiger partial charge >= 0.3 is 0 Å². The number of Topliss-reactive ketones (excluding diaryl/α,β-unsaturated/α-hetero) is 1. The SMILES string of the molecule is S=PI.[3H]Oc1ccc(C(Sc2cc(C)ccc2O)C(=O)c2ccc(O)cc2)cc1. The van der Waals surface area contributed by atoms with Crippen LogP contribution in [-0.4, -0.2) is 22.5 Å². The van der Waals surface area contributed by atoms with E-state index in [1.807, 2.05) is 13.0 Å². The molecule has 8 heteroatoms. The number of ketones is 1. The predicted octanol–water partition coefficient (Wildman–Crippen LogP) is 6.57. The second-order valence-electron chi connectivity index (χ2n) is 6.02. The molecule has 150 valence electrons. The standard InChI is InChI=1S/C21H18O4S.IPS/c1-13-2-11-18(24)19(12-13)26-21(15-5-9-17(23)10-6-15)20(25)14-3-7-16(22)8-4-14;1-2-3/h2-12,21-24H,1H3;/i/hT. The first-order valence-corrected chi connectivity index (χ1v) is 13.9. The van der Waals surface area contributed by atoms with Crippen molar-refractivity contribution in [2.75, 3.05) is 0 Å². The molecule has 0 fully saturated rings. The molecule has 0 radical (unpaired) electrons. The van der Waals surface area contributed by atoms with Crippen LogP contribution in [0.4, 0.5) is 0 Å². The average molecular weight is 558 g/mol. The minimum Gasteiger partial charge on any atom is -0.508 e. The summed E-state index contributed by atoms with van der Waals surface area (Å²) in [6, 6.07) is 18.0. The van der Waals surface area contributed by atoms with E-state index >= 15 is 0 Å². The lowest BCUT2D eigenvalue weighted by atomic mass is 10.0. The number of thioether (sulfide) groups is 1. The molecule has 3 aromatic carbocycles. The highest BCUT2D eigenvalue weighted by Crippen LogP contribution is 2.42. The van der Waals surface area contributed by atoms with E-state index in [2.05, 4.69) is 39.0 Å². The van der Waals surface area contributed by atoms with Gasteiger partial charge in [-0.25, -0.2) is 0 Å². The first-order chi connectivity index (χ1) is 14.4. The van der Waals surface area contributed by atoms with E-state index in [1.165, 1.54) is 23.9 Å². The van der Waals surface area contributed by atoms with Gasteiger partial charge in [0.25, 0.3) is 1.43 Å². The molecule has 0 saturated carbocycles. The van der Waals surface area contributed by atoms with Gasteiger partial charge in [0.2, 0.25) is 0 Å². The lowest BCUT2D eigenvalue weighted by molar-refractivity contribution is 0.0989. The third-order valence-electron chi connectivity index (χ3n) is 3.93. The van der Waals surface area contributed by atoms with Gasteiger partial charge in [-0.1, -0.05) is 18.2 Å². The molecule has 0 bridgehead atoms. The van der Waals surface area contributed by atoms with Crippen molar-refractivity contribution < 1.29 is 20.1 Å². The fraction of sp³-hybridized carbons (Fsp3) is 0.0952. The molecule has 29 heavy (non-hydrogen) atoms. The maximum absolute atomic E-state index is 13.2. The summed E-state index contributed by atoms with van der Waals surface area (Å²) in [7, 11) is 0. The Morgan fingerprint density at radius 1 is 1.07 bits per heavy atom. The quantitative estimate of drug-likeness (QED) is 0.138. The van der Waals surface area contributed by atoms with Crippen LogP contribution >= 0.6 is 38.8 Å². The smallest absolute Gasteiger partial charge is 0.293 e. The van der Waals surface area contributed by atoms with Crippen LogP contribution in [0.1, 0.15) is 26.7 Å². The van der Waals surface area contributed by atoms with Crippen LogP contribution in [0.3, 0.4) is 0 Å². The fourth-order valence-corrected chi connectivity index (χ4v) is 3.77. The van der Waals surface area contributed by atoms with Crippen LogP contribution in [0.15, 0.2) is 71.6 Å². The molecule has 0 saturated heterocycles. The maximum atomic E-state index is 13.2. The largest absolute Gasteiger partial charge is 0.508 e. The summed E-state index contributed by atoms with van der Waals surface area (Å²) in [6.45, 7) is 1.92. The van der Waals surface area contributed by atoms with E-state index in [0.717, 1.165) is 16.1 Å². The Morgan fingerprint density at radius 3 is 2.24 bits per heavy atom. The highest BCUT2D eigenvalue weighted by Gasteiger charge is 2.24. The highest BCUT2D eigenvalue weighted by molar-refractivity contribution is 14.2. The molecular weight excluding hydrogens is 538 g/mol. The van der Waals surface area contributed by atoms with Gasteiger partial charge in [0.05, 0.1) is 10.1 Å². The number of carbonyl (C=O) groups excluding carboxylic acids is 1. The maximum Gasteiger partial charge on any atom is 0.293 e. The van der Waals surface area contributed by atoms with Crippen LogP contribution in [-0.2, 0) is 11.8 Å². The zero-order valence-corrected chi connectivity index (χ0v) is 20.0. The van der Waals surface area contributed by atoms with Crippen molar-refractivity contribution in [3.8, 4) is 17.2 Å². The van der Waals surface area contributed by atoms with Gasteiger partial charge in [-0.3, -0.25) is 4.79 Å². The number of aromatic hydroxyl groups is 3. The fourth-order valence-electron chi connectivity index (χ4n) is 2.54. The summed E-state index contributed by atoms with van der Waals surface area (Å²) in [5.41, 5.74) is 2.15. The Morgan fingerprint density at radius 2 is 1.66 bits per heavy atom. The number of hydrogen-bond acceptors (Lipinski definition) is 6. The number of aryl methyl sites for hydroxylation is 1. The molecule has 3 rings (SSSR count). The molecule has 1 atom stereocenters. The molecule has 1 unspecified atom stereocenters. The number of phenolic OH excluding ortho intramolecular Hbond substituents is 3. The van der Waals surface area contributed by atoms with E-state index < -0.39 is 5.25 Å². The van der Waals surface area contributed by atoms with Gasteiger partial charge in [0.15, 0.2) is 5.78 Å². The van der Waals surface area contributed by atoms with Crippen molar-refractivity contribution in [2.45, 2.75) is 17.1 Å². The summed E-state index contributed by atoms with van der Waals surface area (Å²) >= 11 is 7.68. The lowest BCUT2D eigenvalue weighted by Crippen LogP contribution is -2.10. The molecule has 0 spiro atoms. The van der Waals surface area contributed by atoms with Gasteiger partial charge in [-0.15, -0.1) is 11.8 Å².